The SMILES string of the molecule is O=C([O-])c1cccc(-c2ncc[nH]2)c1C(=O)[O-].[K+].[K+]. The second kappa shape index (κ2) is 8.82. The molecule has 0 bridgehead atoms. The van der Waals surface area contributed by atoms with Gasteiger partial charge in [0.2, 0.25) is 0 Å². The van der Waals surface area contributed by atoms with Crippen LogP contribution in [0.15, 0.2) is 30.6 Å². The molecule has 1 aromatic carbocycles. The van der Waals surface area contributed by atoms with Crippen LogP contribution in [0.2, 0.25) is 0 Å². The van der Waals surface area contributed by atoms with E-state index in [1.807, 2.05) is 0 Å². The molecule has 0 fully saturated rings. The van der Waals surface area contributed by atoms with Crippen molar-refractivity contribution in [2.24, 2.45) is 0 Å². The van der Waals surface area contributed by atoms with Crippen LogP contribution in [0.25, 0.3) is 11.4 Å². The molecule has 19 heavy (non-hydrogen) atoms. The zero-order valence-corrected chi connectivity index (χ0v) is 16.7. The third-order valence-corrected chi connectivity index (χ3v) is 2.24. The van der Waals surface area contributed by atoms with Gasteiger partial charge in [-0.05, 0) is 0 Å². The van der Waals surface area contributed by atoms with Crippen LogP contribution in [-0.2, 0) is 0 Å². The molecule has 0 aliphatic carbocycles. The summed E-state index contributed by atoms with van der Waals surface area (Å²) in [5.74, 6) is -2.90. The van der Waals surface area contributed by atoms with Crippen molar-refractivity contribution in [3.8, 4) is 11.4 Å². The maximum Gasteiger partial charge on any atom is 1.00 e. The van der Waals surface area contributed by atoms with E-state index in [1.54, 1.807) is 0 Å². The quantitative estimate of drug-likeness (QED) is 0.567. The monoisotopic (exact) mass is 308 g/mol. The molecule has 1 N–H and O–H groups in total. The summed E-state index contributed by atoms with van der Waals surface area (Å²) < 4.78 is 0. The average Bonchev–Trinajstić information content (AvgIpc) is 2.81. The van der Waals surface area contributed by atoms with Crippen LogP contribution in [0.1, 0.15) is 20.7 Å². The molecule has 0 saturated carbocycles. The summed E-state index contributed by atoms with van der Waals surface area (Å²) in [6, 6.07) is 4.00. The first-order chi connectivity index (χ1) is 8.11. The smallest absolute Gasteiger partial charge is 0.545 e. The van der Waals surface area contributed by atoms with Gasteiger partial charge in [0.1, 0.15) is 5.82 Å². The number of nitrogens with one attached hydrogen (secondary N) is 1. The van der Waals surface area contributed by atoms with Crippen LogP contribution >= 0.6 is 0 Å². The predicted octanol–water partition coefficient (Wildman–Crippen LogP) is -7.19. The number of nitrogens with zero attached hydrogens (tertiary/aromatic N) is 1. The van der Waals surface area contributed by atoms with Crippen LogP contribution in [0, 0.1) is 0 Å². The summed E-state index contributed by atoms with van der Waals surface area (Å²) in [6.07, 6.45) is 2.93. The number of hydrogen-bond donors (Lipinski definition) is 1. The van der Waals surface area contributed by atoms with Crippen molar-refractivity contribution < 1.29 is 123 Å². The largest absolute Gasteiger partial charge is 1.00 e. The summed E-state index contributed by atoms with van der Waals surface area (Å²) in [7, 11) is 0. The Labute approximate surface area is 193 Å². The van der Waals surface area contributed by atoms with Crippen LogP contribution in [0.4, 0.5) is 0 Å². The maximum absolute atomic E-state index is 11.0. The number of rotatable bonds is 3. The Morgan fingerprint density at radius 1 is 1.11 bits per heavy atom. The third kappa shape index (κ3) is 4.56. The van der Waals surface area contributed by atoms with Crippen LogP contribution in [-0.4, -0.2) is 21.9 Å². The van der Waals surface area contributed by atoms with Gasteiger partial charge in [0.05, 0.1) is 11.9 Å². The molecule has 0 saturated heterocycles. The second-order valence-corrected chi connectivity index (χ2v) is 3.24. The van der Waals surface area contributed by atoms with Crippen molar-refractivity contribution in [3.05, 3.63) is 41.7 Å². The summed E-state index contributed by atoms with van der Waals surface area (Å²) in [5, 5.41) is 21.8. The molecule has 6 nitrogen and oxygen atoms in total. The van der Waals surface area contributed by atoms with Crippen molar-refractivity contribution in [1.82, 2.24) is 9.97 Å². The first-order valence-corrected chi connectivity index (χ1v) is 4.66. The molecule has 0 aliphatic heterocycles. The van der Waals surface area contributed by atoms with Gasteiger partial charge in [0.15, 0.2) is 0 Å². The minimum absolute atomic E-state index is 0. The molecular formula is C11H6K2N2O4. The molecule has 1 aromatic heterocycles. The molecule has 0 spiro atoms. The molecule has 0 aliphatic rings. The van der Waals surface area contributed by atoms with Crippen molar-refractivity contribution in [1.29, 1.82) is 0 Å². The van der Waals surface area contributed by atoms with Crippen LogP contribution < -0.4 is 113 Å². The molecule has 0 amide bonds. The molecule has 1 heterocycles. The van der Waals surface area contributed by atoms with E-state index in [2.05, 4.69) is 9.97 Å². The van der Waals surface area contributed by atoms with Gasteiger partial charge >= 0.3 is 103 Å². The minimum atomic E-state index is -1.59. The molecular weight excluding hydrogens is 302 g/mol. The predicted molar refractivity (Wildman–Crippen MR) is 52.7 cm³/mol. The minimum Gasteiger partial charge on any atom is -0.545 e. The number of aromatic nitrogens is 2. The zero-order chi connectivity index (χ0) is 12.4. The van der Waals surface area contributed by atoms with E-state index in [9.17, 15) is 19.8 Å². The van der Waals surface area contributed by atoms with E-state index < -0.39 is 23.1 Å². The average molecular weight is 308 g/mol. The standard InChI is InChI=1S/C11H8N2O4.2K/c14-10(15)7-3-1-2-6(8(7)11(16)17)9-12-4-5-13-9;;/h1-5H,(H,12,13)(H,14,15)(H,16,17);;/q;2*+1/p-2. The fraction of sp³-hybridized carbons (Fsp3) is 0. The molecule has 8 heteroatoms. The first kappa shape index (κ1) is 19.6. The van der Waals surface area contributed by atoms with E-state index in [0.29, 0.717) is 0 Å². The van der Waals surface area contributed by atoms with Gasteiger partial charge in [-0.1, -0.05) is 18.2 Å². The number of carboxylic acid groups (broad SMARTS) is 2. The van der Waals surface area contributed by atoms with Gasteiger partial charge < -0.3 is 24.8 Å². The van der Waals surface area contributed by atoms with E-state index in [0.717, 1.165) is 6.07 Å². The number of carboxylic acids is 2. The number of aromatic carboxylic acids is 2. The van der Waals surface area contributed by atoms with E-state index >= 15 is 0 Å². The molecule has 0 radical (unpaired) electrons. The Morgan fingerprint density at radius 3 is 2.26 bits per heavy atom. The Hall–Kier alpha value is 0.643. The summed E-state index contributed by atoms with van der Waals surface area (Å²) in [5.41, 5.74) is -0.724. The first-order valence-electron chi connectivity index (χ1n) is 4.66. The molecule has 0 unspecified atom stereocenters. The normalized spacial score (nSPS) is 9.05. The Morgan fingerprint density at radius 2 is 1.79 bits per heavy atom. The fourth-order valence-corrected chi connectivity index (χ4v) is 1.55. The Kier molecular flexibility index (Phi) is 9.12. The summed E-state index contributed by atoms with van der Waals surface area (Å²) >= 11 is 0. The number of aromatic amines is 1. The molecule has 2 rings (SSSR count). The maximum atomic E-state index is 11.0. The number of carbonyl (C=O) groups is 2. The van der Waals surface area contributed by atoms with Crippen LogP contribution in [0.3, 0.4) is 0 Å². The van der Waals surface area contributed by atoms with Gasteiger partial charge in [-0.25, -0.2) is 4.98 Å². The second-order valence-electron chi connectivity index (χ2n) is 3.24. The van der Waals surface area contributed by atoms with Gasteiger partial charge in [-0.3, -0.25) is 0 Å². The van der Waals surface area contributed by atoms with Crippen molar-refractivity contribution >= 4 is 11.9 Å². The van der Waals surface area contributed by atoms with E-state index in [4.69, 9.17) is 0 Å². The van der Waals surface area contributed by atoms with Crippen molar-refractivity contribution in [2.45, 2.75) is 0 Å². The number of hydrogen-bond acceptors (Lipinski definition) is 5. The van der Waals surface area contributed by atoms with Gasteiger partial charge in [0, 0.05) is 29.1 Å². The number of benzene rings is 1. The Bertz CT molecular complexity index is 584. The molecule has 86 valence electrons. The topological polar surface area (TPSA) is 109 Å². The van der Waals surface area contributed by atoms with E-state index in [-0.39, 0.29) is 114 Å². The van der Waals surface area contributed by atoms with Crippen molar-refractivity contribution in [3.63, 3.8) is 0 Å². The van der Waals surface area contributed by atoms with Gasteiger partial charge in [-0.2, -0.15) is 0 Å². The van der Waals surface area contributed by atoms with Gasteiger partial charge in [-0.15, -0.1) is 0 Å². The number of imidazole rings is 1. The molecule has 0 atom stereocenters. The van der Waals surface area contributed by atoms with E-state index in [1.165, 1.54) is 24.5 Å². The van der Waals surface area contributed by atoms with Crippen molar-refractivity contribution in [2.75, 3.05) is 0 Å². The van der Waals surface area contributed by atoms with Gasteiger partial charge in [0.25, 0.3) is 0 Å². The zero-order valence-electron chi connectivity index (χ0n) is 10.5. The third-order valence-electron chi connectivity index (χ3n) is 2.24. The summed E-state index contributed by atoms with van der Waals surface area (Å²) in [6.45, 7) is 0. The molecule has 2 aromatic rings. The van der Waals surface area contributed by atoms with Crippen LogP contribution in [0.5, 0.6) is 0 Å². The Balaban J connectivity index is 0.00000162. The summed E-state index contributed by atoms with van der Waals surface area (Å²) in [4.78, 5) is 28.4. The fourth-order valence-electron chi connectivity index (χ4n) is 1.55. The number of carbonyl (C=O) groups excluding carboxylic acids is 2. The number of H-pyrrole nitrogens is 1.